The van der Waals surface area contributed by atoms with Crippen LogP contribution in [0, 0.1) is 0 Å². The van der Waals surface area contributed by atoms with Gasteiger partial charge in [-0.1, -0.05) is 31.2 Å². The van der Waals surface area contributed by atoms with Crippen LogP contribution in [0.3, 0.4) is 0 Å². The Morgan fingerprint density at radius 1 is 1.32 bits per heavy atom. The number of amides is 1. The molecule has 0 unspecified atom stereocenters. The molecule has 1 amide bonds. The lowest BCUT2D eigenvalue weighted by atomic mass is 10.1. The van der Waals surface area contributed by atoms with Crippen molar-refractivity contribution in [3.63, 3.8) is 0 Å². The second-order valence-corrected chi connectivity index (χ2v) is 6.60. The predicted molar refractivity (Wildman–Crippen MR) is 113 cm³/mol. The summed E-state index contributed by atoms with van der Waals surface area (Å²) in [5.41, 5.74) is 10.4. The molecule has 3 aromatic rings. The van der Waals surface area contributed by atoms with Gasteiger partial charge in [-0.3, -0.25) is 9.69 Å². The second kappa shape index (κ2) is 9.80. The van der Waals surface area contributed by atoms with Gasteiger partial charge in [0.15, 0.2) is 5.69 Å². The van der Waals surface area contributed by atoms with Gasteiger partial charge in [-0.2, -0.15) is 9.78 Å². The molecule has 0 aliphatic rings. The molecular weight excluding hydrogens is 402 g/mol. The molecule has 0 atom stereocenters. The Bertz CT molecular complexity index is 1070. The summed E-state index contributed by atoms with van der Waals surface area (Å²) in [7, 11) is 1.59. The van der Waals surface area contributed by atoms with Crippen LogP contribution in [0.25, 0.3) is 5.82 Å². The van der Waals surface area contributed by atoms with Crippen LogP contribution in [-0.4, -0.2) is 62.0 Å². The summed E-state index contributed by atoms with van der Waals surface area (Å²) >= 11 is 0. The summed E-state index contributed by atoms with van der Waals surface area (Å²) in [6, 6.07) is 7.38. The Morgan fingerprint density at radius 3 is 2.74 bits per heavy atom. The molecule has 0 aliphatic carbocycles. The van der Waals surface area contributed by atoms with Crippen molar-refractivity contribution in [2.45, 2.75) is 27.3 Å². The molecule has 0 spiro atoms. The number of nitrogens with zero attached hydrogens (tertiary/aromatic N) is 7. The van der Waals surface area contributed by atoms with E-state index in [1.807, 2.05) is 38.1 Å². The maximum Gasteiger partial charge on any atom is 0.293 e. The van der Waals surface area contributed by atoms with Crippen LogP contribution in [0.2, 0.25) is 0 Å². The van der Waals surface area contributed by atoms with E-state index in [1.165, 1.54) is 4.68 Å². The molecule has 0 aliphatic heterocycles. The Morgan fingerprint density at radius 2 is 2.10 bits per heavy atom. The number of hydrogen-bond acceptors (Lipinski definition) is 10. The molecule has 0 radical (unpaired) electrons. The summed E-state index contributed by atoms with van der Waals surface area (Å²) in [6.45, 7) is 7.75. The van der Waals surface area contributed by atoms with E-state index in [0.717, 1.165) is 18.7 Å². The zero-order valence-corrected chi connectivity index (χ0v) is 17.9. The van der Waals surface area contributed by atoms with Crippen molar-refractivity contribution in [2.24, 2.45) is 5.10 Å². The molecule has 0 bridgehead atoms. The van der Waals surface area contributed by atoms with Gasteiger partial charge >= 0.3 is 0 Å². The number of hydrazone groups is 1. The first-order valence-corrected chi connectivity index (χ1v) is 9.72. The molecule has 1 aromatic carbocycles. The van der Waals surface area contributed by atoms with Crippen LogP contribution in [0.1, 0.15) is 42.5 Å². The largest absolute Gasteiger partial charge is 0.497 e. The van der Waals surface area contributed by atoms with Gasteiger partial charge in [-0.25, -0.2) is 10.1 Å². The summed E-state index contributed by atoms with van der Waals surface area (Å²) < 4.78 is 11.3. The molecule has 31 heavy (non-hydrogen) atoms. The van der Waals surface area contributed by atoms with E-state index in [-0.39, 0.29) is 17.3 Å². The highest BCUT2D eigenvalue weighted by Crippen LogP contribution is 2.18. The average molecular weight is 427 g/mol. The maximum atomic E-state index is 12.9. The molecule has 12 heteroatoms. The van der Waals surface area contributed by atoms with E-state index in [1.54, 1.807) is 14.0 Å². The Labute approximate surface area is 179 Å². The summed E-state index contributed by atoms with van der Waals surface area (Å²) in [5, 5.41) is 19.6. The zero-order valence-electron chi connectivity index (χ0n) is 17.9. The van der Waals surface area contributed by atoms with Crippen LogP contribution in [0.15, 0.2) is 34.0 Å². The third kappa shape index (κ3) is 4.86. The number of carbonyl (C=O) groups is 1. The Hall–Kier alpha value is -3.80. The topological polar surface area (TPSA) is 150 Å². The van der Waals surface area contributed by atoms with Crippen LogP contribution < -0.4 is 15.9 Å². The number of aromatic nitrogens is 5. The number of carbonyl (C=O) groups excluding carboxylic acids is 1. The van der Waals surface area contributed by atoms with Crippen molar-refractivity contribution < 1.29 is 14.2 Å². The number of methoxy groups -OCH3 is 1. The normalized spacial score (nSPS) is 11.7. The Balaban J connectivity index is 1.89. The maximum absolute atomic E-state index is 12.9. The quantitative estimate of drug-likeness (QED) is 0.380. The average Bonchev–Trinajstić information content (AvgIpc) is 3.40. The number of anilines is 1. The fourth-order valence-electron chi connectivity index (χ4n) is 2.89. The molecular formula is C19H25N9O3. The molecule has 3 rings (SSSR count). The van der Waals surface area contributed by atoms with Crippen molar-refractivity contribution in [3.05, 3.63) is 41.2 Å². The van der Waals surface area contributed by atoms with Gasteiger partial charge in [0.05, 0.1) is 18.5 Å². The minimum absolute atomic E-state index is 0.0459. The van der Waals surface area contributed by atoms with Crippen LogP contribution in [-0.2, 0) is 6.54 Å². The number of rotatable bonds is 9. The van der Waals surface area contributed by atoms with Crippen LogP contribution >= 0.6 is 0 Å². The van der Waals surface area contributed by atoms with Crippen molar-refractivity contribution >= 4 is 17.4 Å². The molecule has 0 saturated carbocycles. The molecule has 12 nitrogen and oxygen atoms in total. The lowest BCUT2D eigenvalue weighted by Gasteiger charge is -2.18. The monoisotopic (exact) mass is 427 g/mol. The minimum atomic E-state index is -0.509. The number of nitrogens with two attached hydrogens (primary N) is 1. The van der Waals surface area contributed by atoms with E-state index >= 15 is 0 Å². The standard InChI is InChI=1S/C19H25N9O3/c1-5-27(6-2)11-15-16(22-26-28(15)18-17(20)24-31-25-18)19(29)23-21-12(3)13-8-7-9-14(10-13)30-4/h7-10H,5-6,11H2,1-4H3,(H2,20,24)(H,23,29)/b21-12-. The number of ether oxygens (including phenoxy) is 1. The highest BCUT2D eigenvalue weighted by atomic mass is 16.6. The van der Waals surface area contributed by atoms with Crippen molar-refractivity contribution in [1.29, 1.82) is 0 Å². The smallest absolute Gasteiger partial charge is 0.293 e. The fraction of sp³-hybridized carbons (Fsp3) is 0.368. The van der Waals surface area contributed by atoms with Crippen molar-refractivity contribution in [3.8, 4) is 11.6 Å². The highest BCUT2D eigenvalue weighted by Gasteiger charge is 2.25. The van der Waals surface area contributed by atoms with E-state index < -0.39 is 5.91 Å². The van der Waals surface area contributed by atoms with Gasteiger partial charge < -0.3 is 10.5 Å². The van der Waals surface area contributed by atoms with Gasteiger partial charge in [0.1, 0.15) is 5.75 Å². The van der Waals surface area contributed by atoms with Crippen LogP contribution in [0.5, 0.6) is 5.75 Å². The van der Waals surface area contributed by atoms with Gasteiger partial charge in [-0.15, -0.1) is 5.10 Å². The predicted octanol–water partition coefficient (Wildman–Crippen LogP) is 1.24. The van der Waals surface area contributed by atoms with E-state index in [9.17, 15) is 4.79 Å². The van der Waals surface area contributed by atoms with E-state index in [2.05, 4.69) is 40.7 Å². The minimum Gasteiger partial charge on any atom is -0.497 e. The van der Waals surface area contributed by atoms with Crippen molar-refractivity contribution in [2.75, 3.05) is 25.9 Å². The third-order valence-corrected chi connectivity index (χ3v) is 4.75. The molecule has 164 valence electrons. The van der Waals surface area contributed by atoms with Gasteiger partial charge in [0.2, 0.25) is 11.6 Å². The van der Waals surface area contributed by atoms with Gasteiger partial charge in [0, 0.05) is 12.1 Å². The number of nitrogens with one attached hydrogen (secondary N) is 1. The molecule has 3 N–H and O–H groups in total. The van der Waals surface area contributed by atoms with E-state index in [0.29, 0.717) is 23.7 Å². The first-order chi connectivity index (χ1) is 15.0. The summed E-state index contributed by atoms with van der Waals surface area (Å²) in [5.74, 6) is 0.404. The summed E-state index contributed by atoms with van der Waals surface area (Å²) in [6.07, 6.45) is 0. The first kappa shape index (κ1) is 21.9. The SMILES string of the molecule is CCN(CC)Cc1c(C(=O)N/N=C(/C)c2cccc(OC)c2)nnn1-c1nonc1N. The summed E-state index contributed by atoms with van der Waals surface area (Å²) in [4.78, 5) is 15.0. The number of hydrogen-bond donors (Lipinski definition) is 2. The zero-order chi connectivity index (χ0) is 22.4. The molecule has 0 fully saturated rings. The second-order valence-electron chi connectivity index (χ2n) is 6.60. The van der Waals surface area contributed by atoms with Gasteiger partial charge in [0.25, 0.3) is 5.91 Å². The molecule has 2 heterocycles. The first-order valence-electron chi connectivity index (χ1n) is 9.72. The van der Waals surface area contributed by atoms with E-state index in [4.69, 9.17) is 10.5 Å². The number of nitrogen functional groups attached to an aromatic ring is 1. The highest BCUT2D eigenvalue weighted by molar-refractivity contribution is 6.00. The lowest BCUT2D eigenvalue weighted by Crippen LogP contribution is -2.27. The van der Waals surface area contributed by atoms with Crippen molar-refractivity contribution in [1.82, 2.24) is 35.6 Å². The van der Waals surface area contributed by atoms with Crippen LogP contribution in [0.4, 0.5) is 5.82 Å². The number of benzene rings is 1. The third-order valence-electron chi connectivity index (χ3n) is 4.75. The molecule has 0 saturated heterocycles. The fourth-order valence-corrected chi connectivity index (χ4v) is 2.89. The Kier molecular flexibility index (Phi) is 6.92. The lowest BCUT2D eigenvalue weighted by molar-refractivity contribution is 0.0947. The van der Waals surface area contributed by atoms with Gasteiger partial charge in [-0.05, 0) is 42.5 Å². The molecule has 2 aromatic heterocycles.